The third kappa shape index (κ3) is 1.33. The number of esters is 1. The number of hydrogen-bond donors (Lipinski definition) is 3. The van der Waals surface area contributed by atoms with Crippen LogP contribution in [0.2, 0.25) is 0 Å². The SMILES string of the molecule is COC(=O)[C@]1(O)[C@H](O)[C@@]23C=CCN4CC[C@@]5(c6ccccc6N[C@]15CC2)[C@@H]43. The first-order valence-corrected chi connectivity index (χ1v) is 9.76. The van der Waals surface area contributed by atoms with Crippen LogP contribution in [0.15, 0.2) is 36.4 Å². The van der Waals surface area contributed by atoms with Crippen molar-refractivity contribution in [2.24, 2.45) is 5.41 Å². The first-order chi connectivity index (χ1) is 13.0. The summed E-state index contributed by atoms with van der Waals surface area (Å²) in [5.74, 6) is -0.746. The number of methoxy groups -OCH3 is 1. The monoisotopic (exact) mass is 368 g/mol. The van der Waals surface area contributed by atoms with Gasteiger partial charge in [-0.2, -0.15) is 0 Å². The Morgan fingerprint density at radius 3 is 2.93 bits per heavy atom. The summed E-state index contributed by atoms with van der Waals surface area (Å²) in [6, 6.07) is 8.19. The van der Waals surface area contributed by atoms with Crippen molar-refractivity contribution in [2.45, 2.75) is 48.0 Å². The Labute approximate surface area is 157 Å². The number of ether oxygens (including phenoxy) is 1. The van der Waals surface area contributed by atoms with Gasteiger partial charge in [0.05, 0.1) is 12.6 Å². The molecule has 0 aromatic heterocycles. The summed E-state index contributed by atoms with van der Waals surface area (Å²) >= 11 is 0. The second kappa shape index (κ2) is 4.57. The lowest BCUT2D eigenvalue weighted by molar-refractivity contribution is -0.258. The number of anilines is 1. The number of nitrogens with one attached hydrogen (secondary N) is 1. The topological polar surface area (TPSA) is 82.0 Å². The molecule has 6 aliphatic rings. The molecule has 1 saturated heterocycles. The zero-order valence-electron chi connectivity index (χ0n) is 15.3. The van der Waals surface area contributed by atoms with E-state index >= 15 is 0 Å². The van der Waals surface area contributed by atoms with Crippen molar-refractivity contribution >= 4 is 11.7 Å². The Bertz CT molecular complexity index is 902. The van der Waals surface area contributed by atoms with Gasteiger partial charge in [-0.25, -0.2) is 4.79 Å². The van der Waals surface area contributed by atoms with Gasteiger partial charge < -0.3 is 20.3 Å². The van der Waals surface area contributed by atoms with E-state index < -0.39 is 34.0 Å². The van der Waals surface area contributed by atoms with Gasteiger partial charge in [0.15, 0.2) is 0 Å². The minimum atomic E-state index is -2.01. The minimum absolute atomic E-state index is 0.0554. The van der Waals surface area contributed by atoms with Gasteiger partial charge in [-0.15, -0.1) is 0 Å². The summed E-state index contributed by atoms with van der Waals surface area (Å²) in [7, 11) is 1.29. The number of para-hydroxylation sites is 1. The molecule has 142 valence electrons. The highest BCUT2D eigenvalue weighted by atomic mass is 16.5. The van der Waals surface area contributed by atoms with Crippen LogP contribution < -0.4 is 5.32 Å². The lowest BCUT2D eigenvalue weighted by Crippen LogP contribution is -2.88. The van der Waals surface area contributed by atoms with Gasteiger partial charge >= 0.3 is 5.97 Å². The first kappa shape index (κ1) is 16.1. The summed E-state index contributed by atoms with van der Waals surface area (Å²) in [6.45, 7) is 1.73. The van der Waals surface area contributed by atoms with Crippen LogP contribution in [0.1, 0.15) is 24.8 Å². The zero-order valence-corrected chi connectivity index (χ0v) is 15.3. The Kier molecular flexibility index (Phi) is 2.72. The van der Waals surface area contributed by atoms with Crippen LogP contribution in [0, 0.1) is 5.41 Å². The predicted molar refractivity (Wildman–Crippen MR) is 98.2 cm³/mol. The molecular formula is C21H24N2O4. The molecule has 7 rings (SSSR count). The maximum atomic E-state index is 13.0. The van der Waals surface area contributed by atoms with Crippen molar-refractivity contribution in [2.75, 3.05) is 25.5 Å². The number of aliphatic hydroxyl groups is 2. The lowest BCUT2D eigenvalue weighted by atomic mass is 9.37. The van der Waals surface area contributed by atoms with E-state index in [1.165, 1.54) is 7.11 Å². The molecule has 6 atom stereocenters. The fourth-order valence-electron chi connectivity index (χ4n) is 7.65. The summed E-state index contributed by atoms with van der Waals surface area (Å²) in [4.78, 5) is 15.4. The van der Waals surface area contributed by atoms with E-state index in [4.69, 9.17) is 4.74 Å². The molecule has 0 amide bonds. The van der Waals surface area contributed by atoms with E-state index in [9.17, 15) is 15.0 Å². The van der Waals surface area contributed by atoms with E-state index in [0.717, 1.165) is 37.2 Å². The molecule has 27 heavy (non-hydrogen) atoms. The summed E-state index contributed by atoms with van der Waals surface area (Å²) in [5, 5.41) is 27.0. The smallest absolute Gasteiger partial charge is 0.343 e. The largest absolute Gasteiger partial charge is 0.467 e. The van der Waals surface area contributed by atoms with E-state index in [1.54, 1.807) is 0 Å². The van der Waals surface area contributed by atoms with Gasteiger partial charge in [-0.1, -0.05) is 30.4 Å². The molecule has 1 aromatic carbocycles. The lowest BCUT2D eigenvalue weighted by Gasteiger charge is -2.71. The highest BCUT2D eigenvalue weighted by Crippen LogP contribution is 2.74. The zero-order chi connectivity index (χ0) is 18.7. The van der Waals surface area contributed by atoms with E-state index in [0.29, 0.717) is 6.42 Å². The van der Waals surface area contributed by atoms with Gasteiger partial charge in [0.2, 0.25) is 5.60 Å². The van der Waals surface area contributed by atoms with Crippen LogP contribution in [0.5, 0.6) is 0 Å². The molecule has 0 unspecified atom stereocenters. The maximum Gasteiger partial charge on any atom is 0.343 e. The molecule has 3 heterocycles. The molecule has 6 nitrogen and oxygen atoms in total. The number of nitrogens with zero attached hydrogens (tertiary/aromatic N) is 1. The first-order valence-electron chi connectivity index (χ1n) is 9.76. The molecule has 0 radical (unpaired) electrons. The fraction of sp³-hybridized carbons (Fsp3) is 0.571. The summed E-state index contributed by atoms with van der Waals surface area (Å²) < 4.78 is 5.07. The van der Waals surface area contributed by atoms with Crippen molar-refractivity contribution in [3.63, 3.8) is 0 Å². The van der Waals surface area contributed by atoms with Crippen molar-refractivity contribution in [1.82, 2.24) is 4.90 Å². The highest BCUT2D eigenvalue weighted by molar-refractivity contribution is 5.88. The summed E-state index contributed by atoms with van der Waals surface area (Å²) in [5.41, 5.74) is -1.95. The van der Waals surface area contributed by atoms with Crippen LogP contribution in [0.25, 0.3) is 0 Å². The Hall–Kier alpha value is -1.89. The van der Waals surface area contributed by atoms with Crippen LogP contribution >= 0.6 is 0 Å². The van der Waals surface area contributed by atoms with E-state index in [2.05, 4.69) is 28.4 Å². The third-order valence-corrected chi connectivity index (χ3v) is 8.40. The average molecular weight is 368 g/mol. The molecule has 2 bridgehead atoms. The van der Waals surface area contributed by atoms with Crippen molar-refractivity contribution in [3.05, 3.63) is 42.0 Å². The number of carbonyl (C=O) groups is 1. The van der Waals surface area contributed by atoms with Gasteiger partial charge in [-0.3, -0.25) is 4.90 Å². The molecule has 6 heteroatoms. The van der Waals surface area contributed by atoms with Crippen molar-refractivity contribution in [1.29, 1.82) is 0 Å². The van der Waals surface area contributed by atoms with E-state index in [1.807, 2.05) is 18.2 Å². The minimum Gasteiger partial charge on any atom is -0.467 e. The Morgan fingerprint density at radius 1 is 1.30 bits per heavy atom. The second-order valence-electron chi connectivity index (χ2n) is 8.87. The van der Waals surface area contributed by atoms with Crippen LogP contribution in [0.3, 0.4) is 0 Å². The van der Waals surface area contributed by atoms with Crippen molar-refractivity contribution < 1.29 is 19.7 Å². The number of aliphatic hydroxyl groups excluding tert-OH is 1. The molecule has 3 aliphatic carbocycles. The maximum absolute atomic E-state index is 13.0. The number of hydrogen-bond acceptors (Lipinski definition) is 6. The third-order valence-electron chi connectivity index (χ3n) is 8.40. The molecule has 3 aliphatic heterocycles. The molecule has 3 spiro atoms. The summed E-state index contributed by atoms with van der Waals surface area (Å²) in [6.07, 6.45) is 5.12. The van der Waals surface area contributed by atoms with Crippen LogP contribution in [0.4, 0.5) is 5.69 Å². The molecular weight excluding hydrogens is 344 g/mol. The normalized spacial score (nSPS) is 48.6. The van der Waals surface area contributed by atoms with Crippen LogP contribution in [-0.2, 0) is 14.9 Å². The Balaban J connectivity index is 1.73. The molecule has 3 N–H and O–H groups in total. The fourth-order valence-corrected chi connectivity index (χ4v) is 7.65. The number of benzene rings is 1. The van der Waals surface area contributed by atoms with Gasteiger partial charge in [-0.05, 0) is 37.4 Å². The Morgan fingerprint density at radius 2 is 2.11 bits per heavy atom. The predicted octanol–water partition coefficient (Wildman–Crippen LogP) is 0.792. The van der Waals surface area contributed by atoms with Crippen LogP contribution in [-0.4, -0.2) is 64.6 Å². The quantitative estimate of drug-likeness (QED) is 0.502. The second-order valence-corrected chi connectivity index (χ2v) is 8.87. The average Bonchev–Trinajstić information content (AvgIpc) is 3.24. The molecule has 1 aromatic rings. The molecule has 4 fully saturated rings. The number of rotatable bonds is 1. The van der Waals surface area contributed by atoms with Gasteiger partial charge in [0, 0.05) is 29.1 Å². The van der Waals surface area contributed by atoms with Crippen molar-refractivity contribution in [3.8, 4) is 0 Å². The van der Waals surface area contributed by atoms with E-state index in [-0.39, 0.29) is 6.04 Å². The number of fused-ring (bicyclic) bond motifs is 3. The number of carbonyl (C=O) groups excluding carboxylic acids is 1. The molecule has 3 saturated carbocycles. The van der Waals surface area contributed by atoms with Gasteiger partial charge in [0.1, 0.15) is 6.10 Å². The standard InChI is InChI=1S/C21H24N2O4/c1-27-17(25)21(26)16(24)18-7-4-11-23-12-10-19(15(18)23)13-5-2-3-6-14(13)22-20(19,21)9-8-18/h2-7,15-16,22,24,26H,8-12H2,1H3/t15-,16+,18-,19+,20-,21+/m0/s1. The highest BCUT2D eigenvalue weighted by Gasteiger charge is 2.87. The van der Waals surface area contributed by atoms with Gasteiger partial charge in [0.25, 0.3) is 0 Å².